The number of amides is 2. The molecule has 2 aliphatic heterocycles. The monoisotopic (exact) mass is 1650 g/mol. The number of carbonyl (C=O) groups is 6. The minimum absolute atomic E-state index is 0.107. The molecule has 676 valence electrons. The molecule has 0 aromatic carbocycles. The molecule has 20 heteroatoms. The zero-order chi connectivity index (χ0) is 83.9. The summed E-state index contributed by atoms with van der Waals surface area (Å²) in [6.07, 6.45) is 52.3. The highest BCUT2D eigenvalue weighted by atomic mass is 31.2. The van der Waals surface area contributed by atoms with E-state index in [4.69, 9.17) is 28.2 Å². The number of phosphoric ester groups is 1. The van der Waals surface area contributed by atoms with Crippen LogP contribution in [0.25, 0.3) is 0 Å². The van der Waals surface area contributed by atoms with Crippen LogP contribution < -0.4 is 0 Å². The zero-order valence-corrected chi connectivity index (χ0v) is 75.9. The zero-order valence-electron chi connectivity index (χ0n) is 75.0. The van der Waals surface area contributed by atoms with Gasteiger partial charge in [0.2, 0.25) is 11.8 Å². The highest BCUT2D eigenvalue weighted by molar-refractivity contribution is 7.46. The lowest BCUT2D eigenvalue weighted by molar-refractivity contribution is -0.305. The van der Waals surface area contributed by atoms with Crippen molar-refractivity contribution in [3.05, 3.63) is 0 Å². The molecule has 0 aliphatic carbocycles. The Bertz CT molecular complexity index is 2310. The van der Waals surface area contributed by atoms with Gasteiger partial charge in [0.1, 0.15) is 30.5 Å². The Hall–Kier alpha value is -3.03. The summed E-state index contributed by atoms with van der Waals surface area (Å²) in [4.78, 5) is 116. The summed E-state index contributed by atoms with van der Waals surface area (Å²) < 4.78 is 51.3. The van der Waals surface area contributed by atoms with Gasteiger partial charge in [-0.3, -0.25) is 38.2 Å². The van der Waals surface area contributed by atoms with Gasteiger partial charge in [-0.15, -0.1) is 0 Å². The molecule has 2 aliphatic rings. The molecular weight excluding hydrogens is 1470 g/mol. The Labute approximate surface area is 703 Å². The van der Waals surface area contributed by atoms with Crippen LogP contribution in [-0.2, 0) is 61.5 Å². The predicted octanol–water partition coefficient (Wildman–Crippen LogP) is 25.0. The van der Waals surface area contributed by atoms with Crippen LogP contribution in [0, 0.1) is 0 Å². The molecule has 0 aromatic heterocycles. The van der Waals surface area contributed by atoms with Crippen LogP contribution in [0.3, 0.4) is 0 Å². The summed E-state index contributed by atoms with van der Waals surface area (Å²) in [5.41, 5.74) is -2.62. The molecule has 0 aromatic rings. The highest BCUT2D eigenvalue weighted by Crippen LogP contribution is 2.47. The molecule has 8 atom stereocenters. The van der Waals surface area contributed by atoms with Crippen LogP contribution in [0.4, 0.5) is 0 Å². The molecular formula is C95H179N2O17P. The number of likely N-dealkylation sites (tertiary alicyclic amines) is 1. The first-order valence-corrected chi connectivity index (χ1v) is 50.5. The van der Waals surface area contributed by atoms with Crippen LogP contribution >= 0.6 is 7.82 Å². The van der Waals surface area contributed by atoms with Gasteiger partial charge in [0.25, 0.3) is 0 Å². The second kappa shape index (κ2) is 73.7. The molecule has 0 radical (unpaired) electrons. The first-order valence-electron chi connectivity index (χ1n) is 49.0. The van der Waals surface area contributed by atoms with E-state index in [-0.39, 0.29) is 38.5 Å². The Morgan fingerprint density at radius 3 is 0.896 bits per heavy atom. The summed E-state index contributed by atoms with van der Waals surface area (Å²) >= 11 is 0. The smallest absolute Gasteiger partial charge is 0.462 e. The average molecular weight is 1650 g/mol. The molecule has 2 fully saturated rings. The van der Waals surface area contributed by atoms with Crippen molar-refractivity contribution < 1.29 is 81.5 Å². The second-order valence-corrected chi connectivity index (χ2v) is 36.1. The van der Waals surface area contributed by atoms with Crippen LogP contribution in [0.15, 0.2) is 0 Å². The normalized spacial score (nSPS) is 18.0. The van der Waals surface area contributed by atoms with Gasteiger partial charge in [-0.25, -0.2) is 4.57 Å². The molecule has 0 saturated carbocycles. The number of ether oxygens (including phenoxy) is 5. The third-order valence-corrected chi connectivity index (χ3v) is 24.6. The molecule has 2 heterocycles. The van der Waals surface area contributed by atoms with Gasteiger partial charge in [0.05, 0.1) is 25.9 Å². The molecule has 115 heavy (non-hydrogen) atoms. The number of phosphoric acid groups is 1. The van der Waals surface area contributed by atoms with E-state index in [2.05, 4.69) is 41.5 Å². The number of rotatable bonds is 82. The van der Waals surface area contributed by atoms with Gasteiger partial charge in [0, 0.05) is 25.8 Å². The maximum atomic E-state index is 16.6. The first-order chi connectivity index (χ1) is 55.9. The number of esters is 4. The van der Waals surface area contributed by atoms with E-state index in [1.165, 1.54) is 154 Å². The fourth-order valence-corrected chi connectivity index (χ4v) is 17.7. The number of carbonyl (C=O) groups excluding carboxylic acids is 6. The summed E-state index contributed by atoms with van der Waals surface area (Å²) in [5, 5.41) is 24.6. The molecule has 2 amide bonds. The molecule has 2 saturated heterocycles. The number of nitrogens with zero attached hydrogens (tertiary/aromatic N) is 2. The van der Waals surface area contributed by atoms with Crippen LogP contribution in [0.1, 0.15) is 497 Å². The maximum absolute atomic E-state index is 16.6. The second-order valence-electron chi connectivity index (χ2n) is 34.9. The van der Waals surface area contributed by atoms with E-state index in [1.54, 1.807) is 0 Å². The van der Waals surface area contributed by atoms with Gasteiger partial charge in [0.15, 0.2) is 17.9 Å². The summed E-state index contributed by atoms with van der Waals surface area (Å²) in [6, 6.07) is 0. The van der Waals surface area contributed by atoms with Crippen molar-refractivity contribution in [3.8, 4) is 0 Å². The Morgan fingerprint density at radius 2 is 0.635 bits per heavy atom. The lowest BCUT2D eigenvalue weighted by atomic mass is 9.79. The van der Waals surface area contributed by atoms with Crippen molar-refractivity contribution in [1.29, 1.82) is 0 Å². The lowest BCUT2D eigenvalue weighted by Crippen LogP contribution is -2.79. The van der Waals surface area contributed by atoms with E-state index >= 15 is 14.4 Å². The Morgan fingerprint density at radius 1 is 0.383 bits per heavy atom. The number of aliphatic hydroxyl groups is 2. The van der Waals surface area contributed by atoms with Gasteiger partial charge < -0.3 is 48.6 Å². The van der Waals surface area contributed by atoms with Gasteiger partial charge in [-0.2, -0.15) is 0 Å². The standard InChI is InChI=1S/C95H179N2O17P/c1-7-13-19-25-31-37-40-46-52-58-64-72-88(101)109-82(69-61-55-49-43-34-28-22-16-10-4)77-86(99)97(87(100)78-83(70-62-56-50-44-35-29-23-17-11-5)110-89(102)73-65-59-53-47-41-38-32-26-20-14-8-2)95(81-96-75-67-68-76-96)93(92(114-115(106,107)108)85(80-98)112-94(95)105)113-91(104)79-84(71-63-57-51-45-36-30-24-18-12-6)111-90(103)74-66-60-54-48-42-39-33-27-21-15-9-3/h82-85,92-94,98,105H,7-81H2,1-6H3,(H2,106,107,108)/t82-,83-,84-,85-,92-,93+,94+,95?/m1/s1. The molecule has 0 bridgehead atoms. The minimum atomic E-state index is -5.70. The van der Waals surface area contributed by atoms with Crippen molar-refractivity contribution in [2.24, 2.45) is 0 Å². The molecule has 19 nitrogen and oxygen atoms in total. The van der Waals surface area contributed by atoms with Crippen molar-refractivity contribution in [1.82, 2.24) is 9.80 Å². The first kappa shape index (κ1) is 108. The lowest BCUT2D eigenvalue weighted by Gasteiger charge is -2.56. The van der Waals surface area contributed by atoms with Crippen LogP contribution in [0.2, 0.25) is 0 Å². The third kappa shape index (κ3) is 55.6. The van der Waals surface area contributed by atoms with Crippen LogP contribution in [0.5, 0.6) is 0 Å². The summed E-state index contributed by atoms with van der Waals surface area (Å²) in [7, 11) is -5.70. The maximum Gasteiger partial charge on any atom is 0.470 e. The molecule has 0 spiro atoms. The van der Waals surface area contributed by atoms with E-state index < -0.39 is 124 Å². The Balaban J connectivity index is 2.94. The van der Waals surface area contributed by atoms with E-state index in [0.29, 0.717) is 64.5 Å². The number of aliphatic hydroxyl groups excluding tert-OH is 2. The van der Waals surface area contributed by atoms with Gasteiger partial charge in [-0.05, 0) is 83.7 Å². The number of hydrogen-bond acceptors (Lipinski definition) is 16. The number of unbranched alkanes of at least 4 members (excludes halogenated alkanes) is 54. The fourth-order valence-electron chi connectivity index (χ4n) is 17.1. The van der Waals surface area contributed by atoms with Crippen molar-refractivity contribution in [3.63, 3.8) is 0 Å². The molecule has 2 rings (SSSR count). The SMILES string of the molecule is CCCCCCCCCCCCCC(=O)O[C@H](CCCCCCCCCCC)CC(=O)O[C@H]1[C@H](OP(=O)(O)O)[C@@H](CO)O[C@H](O)C1(CN1CCCC1)N(C(=O)C[C@@H](CCCCCCCCCCC)OC(=O)CCCCCCCCCCCCC)C(=O)C[C@@H](CCCCCCCCCCC)OC(=O)CCCCCCCCCCCCC. The van der Waals surface area contributed by atoms with E-state index in [1.807, 2.05) is 4.90 Å². The fraction of sp³-hybridized carbons (Fsp3) is 0.937. The highest BCUT2D eigenvalue weighted by Gasteiger charge is 2.66. The predicted molar refractivity (Wildman–Crippen MR) is 467 cm³/mol. The van der Waals surface area contributed by atoms with Gasteiger partial charge in [-0.1, -0.05) is 388 Å². The molecule has 4 N–H and O–H groups in total. The topological polar surface area (TPSA) is 262 Å². The third-order valence-electron chi connectivity index (χ3n) is 24.1. The number of hydrogen-bond donors (Lipinski definition) is 4. The summed E-state index contributed by atoms with van der Waals surface area (Å²) in [5.74, 6) is -4.42. The van der Waals surface area contributed by atoms with Crippen molar-refractivity contribution in [2.45, 2.75) is 546 Å². The number of imide groups is 1. The van der Waals surface area contributed by atoms with E-state index in [0.717, 1.165) is 198 Å². The summed E-state index contributed by atoms with van der Waals surface area (Å²) in [6.45, 7) is 12.5. The average Bonchev–Trinajstić information content (AvgIpc) is 1.48. The minimum Gasteiger partial charge on any atom is -0.462 e. The van der Waals surface area contributed by atoms with Crippen molar-refractivity contribution in [2.75, 3.05) is 26.2 Å². The van der Waals surface area contributed by atoms with Crippen LogP contribution in [-0.4, -0.2) is 140 Å². The van der Waals surface area contributed by atoms with E-state index in [9.17, 15) is 38.9 Å². The quantitative estimate of drug-likeness (QED) is 0.0191. The largest absolute Gasteiger partial charge is 0.470 e. The van der Waals surface area contributed by atoms with Crippen molar-refractivity contribution >= 4 is 43.5 Å². The molecule has 1 unspecified atom stereocenters. The van der Waals surface area contributed by atoms with Gasteiger partial charge >= 0.3 is 31.7 Å². The Kier molecular flexibility index (Phi) is 69.2.